The van der Waals surface area contributed by atoms with Crippen molar-refractivity contribution in [3.05, 3.63) is 29.6 Å². The molecule has 0 amide bonds. The fourth-order valence-corrected chi connectivity index (χ4v) is 2.41. The van der Waals surface area contributed by atoms with Crippen LogP contribution in [0.2, 0.25) is 0 Å². The summed E-state index contributed by atoms with van der Waals surface area (Å²) < 4.78 is 40.8. The highest BCUT2D eigenvalue weighted by molar-refractivity contribution is 8.13. The number of carbonyl (C=O) groups is 1. The Labute approximate surface area is 115 Å². The number of hydrogen-bond donors (Lipinski definition) is 0. The first-order valence-electron chi connectivity index (χ1n) is 5.52. The van der Waals surface area contributed by atoms with E-state index in [0.717, 1.165) is 12.1 Å². The summed E-state index contributed by atoms with van der Waals surface area (Å²) in [6.45, 7) is 5.00. The first-order chi connectivity index (χ1) is 8.60. The molecule has 1 aromatic carbocycles. The van der Waals surface area contributed by atoms with E-state index in [2.05, 4.69) is 0 Å². The van der Waals surface area contributed by atoms with Gasteiger partial charge in [-0.05, 0) is 38.5 Å². The van der Waals surface area contributed by atoms with Crippen LogP contribution in [0, 0.1) is 5.82 Å². The number of hydrogen-bond acceptors (Lipinski definition) is 4. The standard InChI is InChI=1S/C12H14ClFO4S/c1-4-18-11(15)12(2,3)8-5-6-10(9(14)7-8)19(13,16)17/h5-7H,4H2,1-3H3. The lowest BCUT2D eigenvalue weighted by Gasteiger charge is -2.23. The SMILES string of the molecule is CCOC(=O)C(C)(C)c1ccc(S(=O)(=O)Cl)c(F)c1. The van der Waals surface area contributed by atoms with E-state index in [4.69, 9.17) is 15.4 Å². The fourth-order valence-electron chi connectivity index (χ4n) is 1.52. The number of ether oxygens (including phenoxy) is 1. The molecule has 0 aromatic heterocycles. The molecule has 0 radical (unpaired) electrons. The molecule has 0 aliphatic carbocycles. The molecule has 0 aliphatic rings. The Morgan fingerprint density at radius 2 is 2.00 bits per heavy atom. The van der Waals surface area contributed by atoms with Gasteiger partial charge in [0.1, 0.15) is 10.7 Å². The number of esters is 1. The fraction of sp³-hybridized carbons (Fsp3) is 0.417. The molecule has 0 saturated heterocycles. The molecular weight excluding hydrogens is 295 g/mol. The highest BCUT2D eigenvalue weighted by Gasteiger charge is 2.32. The minimum atomic E-state index is -4.15. The molecular formula is C12H14ClFO4S. The maximum atomic E-state index is 13.7. The highest BCUT2D eigenvalue weighted by atomic mass is 35.7. The van der Waals surface area contributed by atoms with Gasteiger partial charge in [0, 0.05) is 10.7 Å². The third kappa shape index (κ3) is 3.45. The van der Waals surface area contributed by atoms with Crippen molar-refractivity contribution in [2.24, 2.45) is 0 Å². The van der Waals surface area contributed by atoms with Crippen molar-refractivity contribution in [2.75, 3.05) is 6.61 Å². The molecule has 0 bridgehead atoms. The minimum Gasteiger partial charge on any atom is -0.465 e. The molecule has 0 aliphatic heterocycles. The Morgan fingerprint density at radius 3 is 2.42 bits per heavy atom. The summed E-state index contributed by atoms with van der Waals surface area (Å²) in [5.74, 6) is -1.51. The predicted octanol–water partition coefficient (Wildman–Crippen LogP) is 2.59. The van der Waals surface area contributed by atoms with Crippen molar-refractivity contribution in [3.63, 3.8) is 0 Å². The van der Waals surface area contributed by atoms with Crippen molar-refractivity contribution in [1.82, 2.24) is 0 Å². The summed E-state index contributed by atoms with van der Waals surface area (Å²) in [6.07, 6.45) is 0. The average molecular weight is 309 g/mol. The van der Waals surface area contributed by atoms with Gasteiger partial charge in [-0.1, -0.05) is 6.07 Å². The molecule has 4 nitrogen and oxygen atoms in total. The smallest absolute Gasteiger partial charge is 0.315 e. The van der Waals surface area contributed by atoms with E-state index in [9.17, 15) is 17.6 Å². The van der Waals surface area contributed by atoms with Crippen LogP contribution in [0.15, 0.2) is 23.1 Å². The molecule has 19 heavy (non-hydrogen) atoms. The van der Waals surface area contributed by atoms with Gasteiger partial charge in [-0.25, -0.2) is 12.8 Å². The van der Waals surface area contributed by atoms with E-state index in [0.29, 0.717) is 5.56 Å². The number of halogens is 2. The molecule has 0 saturated carbocycles. The molecule has 1 aromatic rings. The van der Waals surface area contributed by atoms with Crippen LogP contribution in [0.25, 0.3) is 0 Å². The largest absolute Gasteiger partial charge is 0.465 e. The average Bonchev–Trinajstić information content (AvgIpc) is 2.27. The maximum absolute atomic E-state index is 13.7. The normalized spacial score (nSPS) is 12.3. The number of carbonyl (C=O) groups excluding carboxylic acids is 1. The molecule has 0 atom stereocenters. The predicted molar refractivity (Wildman–Crippen MR) is 69.1 cm³/mol. The lowest BCUT2D eigenvalue weighted by Crippen LogP contribution is -2.31. The van der Waals surface area contributed by atoms with Crippen LogP contribution in [0.1, 0.15) is 26.3 Å². The molecule has 0 N–H and O–H groups in total. The summed E-state index contributed by atoms with van der Waals surface area (Å²) in [6, 6.07) is 3.36. The molecule has 1 rings (SSSR count). The maximum Gasteiger partial charge on any atom is 0.315 e. The molecule has 106 valence electrons. The van der Waals surface area contributed by atoms with Crippen molar-refractivity contribution < 1.29 is 22.3 Å². The summed E-state index contributed by atoms with van der Waals surface area (Å²) in [5, 5.41) is 0. The first kappa shape index (κ1) is 15.9. The monoisotopic (exact) mass is 308 g/mol. The second kappa shape index (κ2) is 5.46. The van der Waals surface area contributed by atoms with Crippen molar-refractivity contribution in [1.29, 1.82) is 0 Å². The van der Waals surface area contributed by atoms with Crippen LogP contribution in [0.4, 0.5) is 4.39 Å². The van der Waals surface area contributed by atoms with E-state index in [1.807, 2.05) is 0 Å². The zero-order chi connectivity index (χ0) is 14.8. The Bertz CT molecular complexity index is 596. The Morgan fingerprint density at radius 1 is 1.42 bits per heavy atom. The topological polar surface area (TPSA) is 60.4 Å². The quantitative estimate of drug-likeness (QED) is 0.633. The third-order valence-corrected chi connectivity index (χ3v) is 4.06. The lowest BCUT2D eigenvalue weighted by atomic mass is 9.85. The van der Waals surface area contributed by atoms with Gasteiger partial charge < -0.3 is 4.74 Å². The minimum absolute atomic E-state index is 0.207. The second-order valence-electron chi connectivity index (χ2n) is 4.43. The van der Waals surface area contributed by atoms with Crippen LogP contribution < -0.4 is 0 Å². The van der Waals surface area contributed by atoms with E-state index in [1.165, 1.54) is 6.07 Å². The van der Waals surface area contributed by atoms with E-state index in [1.54, 1.807) is 20.8 Å². The summed E-state index contributed by atoms with van der Waals surface area (Å²) in [7, 11) is 0.938. The van der Waals surface area contributed by atoms with Gasteiger partial charge in [0.15, 0.2) is 0 Å². The van der Waals surface area contributed by atoms with E-state index >= 15 is 0 Å². The number of rotatable bonds is 4. The lowest BCUT2D eigenvalue weighted by molar-refractivity contribution is -0.148. The van der Waals surface area contributed by atoms with Crippen molar-refractivity contribution in [2.45, 2.75) is 31.1 Å². The molecule has 7 heteroatoms. The van der Waals surface area contributed by atoms with Gasteiger partial charge in [0.25, 0.3) is 9.05 Å². The van der Waals surface area contributed by atoms with E-state index < -0.39 is 31.1 Å². The zero-order valence-corrected chi connectivity index (χ0v) is 12.3. The van der Waals surface area contributed by atoms with Crippen LogP contribution >= 0.6 is 10.7 Å². The molecule has 0 spiro atoms. The van der Waals surface area contributed by atoms with Crippen LogP contribution in [0.5, 0.6) is 0 Å². The van der Waals surface area contributed by atoms with Gasteiger partial charge in [0.05, 0.1) is 12.0 Å². The van der Waals surface area contributed by atoms with Gasteiger partial charge in [-0.2, -0.15) is 0 Å². The van der Waals surface area contributed by atoms with E-state index in [-0.39, 0.29) is 6.61 Å². The Balaban J connectivity index is 3.25. The summed E-state index contributed by atoms with van der Waals surface area (Å²) >= 11 is 0. The van der Waals surface area contributed by atoms with Crippen molar-refractivity contribution >= 4 is 25.7 Å². The highest BCUT2D eigenvalue weighted by Crippen LogP contribution is 2.28. The zero-order valence-electron chi connectivity index (χ0n) is 10.7. The summed E-state index contributed by atoms with van der Waals surface area (Å²) in [4.78, 5) is 11.2. The van der Waals surface area contributed by atoms with Gasteiger partial charge in [0.2, 0.25) is 0 Å². The Hall–Kier alpha value is -1.14. The third-order valence-electron chi connectivity index (χ3n) is 2.70. The van der Waals surface area contributed by atoms with Crippen molar-refractivity contribution in [3.8, 4) is 0 Å². The summed E-state index contributed by atoms with van der Waals surface area (Å²) in [5.41, 5.74) is -0.765. The van der Waals surface area contributed by atoms with Gasteiger partial charge >= 0.3 is 5.97 Å². The van der Waals surface area contributed by atoms with Gasteiger partial charge in [-0.3, -0.25) is 4.79 Å². The molecule has 0 fully saturated rings. The van der Waals surface area contributed by atoms with Crippen LogP contribution in [-0.4, -0.2) is 21.0 Å². The Kier molecular flexibility index (Phi) is 4.58. The first-order valence-corrected chi connectivity index (χ1v) is 7.83. The van der Waals surface area contributed by atoms with Gasteiger partial charge in [-0.15, -0.1) is 0 Å². The van der Waals surface area contributed by atoms with Crippen LogP contribution in [-0.2, 0) is 24.0 Å². The molecule has 0 heterocycles. The van der Waals surface area contributed by atoms with Crippen LogP contribution in [0.3, 0.4) is 0 Å². The second-order valence-corrected chi connectivity index (χ2v) is 6.96. The number of benzene rings is 1. The molecule has 0 unspecified atom stereocenters.